The van der Waals surface area contributed by atoms with Crippen LogP contribution in [-0.4, -0.2) is 63.0 Å². The first-order valence-corrected chi connectivity index (χ1v) is 12.5. The molecule has 5 rings (SSSR count). The SMILES string of the molecule is CCOCCNc1nc(C)c(-c2nc(C)c(C)s2)c(NC23CCC4C(O)C42OC(C)(C)O3)n1. The topological polar surface area (TPSA) is 111 Å². The summed E-state index contributed by atoms with van der Waals surface area (Å²) >= 11 is 1.62. The van der Waals surface area contributed by atoms with Gasteiger partial charge in [-0.1, -0.05) is 0 Å². The Morgan fingerprint density at radius 3 is 2.61 bits per heavy atom. The minimum atomic E-state index is -0.861. The fourth-order valence-electron chi connectivity index (χ4n) is 5.41. The van der Waals surface area contributed by atoms with Crippen molar-refractivity contribution in [3.63, 3.8) is 0 Å². The summed E-state index contributed by atoms with van der Waals surface area (Å²) in [7, 11) is 0. The van der Waals surface area contributed by atoms with E-state index in [-0.39, 0.29) is 5.92 Å². The number of thiazole rings is 1. The first kappa shape index (κ1) is 22.9. The monoisotopic (exact) mass is 475 g/mol. The number of aromatic nitrogens is 3. The average Bonchev–Trinajstić information content (AvgIpc) is 2.96. The number of aryl methyl sites for hydroxylation is 3. The fourth-order valence-corrected chi connectivity index (χ4v) is 6.42. The Hall–Kier alpha value is -1.85. The van der Waals surface area contributed by atoms with Crippen LogP contribution in [0, 0.1) is 26.7 Å². The van der Waals surface area contributed by atoms with Crippen LogP contribution >= 0.6 is 11.3 Å². The van der Waals surface area contributed by atoms with Crippen LogP contribution in [-0.2, 0) is 14.2 Å². The van der Waals surface area contributed by atoms with Crippen molar-refractivity contribution in [3.8, 4) is 10.6 Å². The van der Waals surface area contributed by atoms with Crippen LogP contribution in [0.4, 0.5) is 11.8 Å². The van der Waals surface area contributed by atoms with Crippen molar-refractivity contribution < 1.29 is 19.3 Å². The maximum absolute atomic E-state index is 10.8. The third-order valence-corrected chi connectivity index (χ3v) is 8.01. The second kappa shape index (κ2) is 7.84. The Labute approximate surface area is 198 Å². The second-order valence-corrected chi connectivity index (χ2v) is 10.8. The number of ether oxygens (including phenoxy) is 3. The predicted molar refractivity (Wildman–Crippen MR) is 126 cm³/mol. The predicted octanol–water partition coefficient (Wildman–Crippen LogP) is 3.39. The normalized spacial score (nSPS) is 31.4. The summed E-state index contributed by atoms with van der Waals surface area (Å²) in [6.45, 7) is 13.6. The molecule has 3 heterocycles. The summed E-state index contributed by atoms with van der Waals surface area (Å²) in [5, 5.41) is 18.5. The lowest BCUT2D eigenvalue weighted by molar-refractivity contribution is -0.166. The van der Waals surface area contributed by atoms with E-state index in [0.717, 1.165) is 39.7 Å². The first-order chi connectivity index (χ1) is 15.6. The molecule has 10 heteroatoms. The number of nitrogens with one attached hydrogen (secondary N) is 2. The molecule has 33 heavy (non-hydrogen) atoms. The smallest absolute Gasteiger partial charge is 0.224 e. The van der Waals surface area contributed by atoms with E-state index >= 15 is 0 Å². The second-order valence-electron chi connectivity index (χ2n) is 9.58. The molecule has 3 aliphatic rings. The third-order valence-electron chi connectivity index (χ3n) is 6.92. The number of rotatable bonds is 8. The number of hydrogen-bond acceptors (Lipinski definition) is 10. The molecule has 1 spiro atoms. The van der Waals surface area contributed by atoms with Crippen LogP contribution in [0.3, 0.4) is 0 Å². The lowest BCUT2D eigenvalue weighted by Crippen LogP contribution is -2.50. The molecular formula is C23H33N5O4S. The highest BCUT2D eigenvalue weighted by Crippen LogP contribution is 2.70. The third kappa shape index (κ3) is 3.54. The Balaban J connectivity index is 1.55. The van der Waals surface area contributed by atoms with Gasteiger partial charge in [-0.3, -0.25) is 0 Å². The van der Waals surface area contributed by atoms with Crippen LogP contribution in [0.2, 0.25) is 0 Å². The first-order valence-electron chi connectivity index (χ1n) is 11.6. The molecule has 2 saturated carbocycles. The van der Waals surface area contributed by atoms with Crippen molar-refractivity contribution in [2.75, 3.05) is 30.4 Å². The molecule has 1 aliphatic heterocycles. The molecule has 4 unspecified atom stereocenters. The van der Waals surface area contributed by atoms with Crippen molar-refractivity contribution in [1.29, 1.82) is 0 Å². The summed E-state index contributed by atoms with van der Waals surface area (Å²) < 4.78 is 18.2. The van der Waals surface area contributed by atoms with Gasteiger partial charge in [0.2, 0.25) is 5.95 Å². The molecule has 1 saturated heterocycles. The molecular weight excluding hydrogens is 442 g/mol. The van der Waals surface area contributed by atoms with Gasteiger partial charge in [0, 0.05) is 23.9 Å². The zero-order chi connectivity index (χ0) is 23.6. The van der Waals surface area contributed by atoms with Crippen LogP contribution in [0.1, 0.15) is 49.9 Å². The molecule has 0 amide bonds. The molecule has 180 valence electrons. The van der Waals surface area contributed by atoms with Gasteiger partial charge in [-0.15, -0.1) is 11.3 Å². The van der Waals surface area contributed by atoms with Gasteiger partial charge in [-0.05, 0) is 54.4 Å². The van der Waals surface area contributed by atoms with Crippen LogP contribution < -0.4 is 10.6 Å². The van der Waals surface area contributed by atoms with E-state index < -0.39 is 23.2 Å². The van der Waals surface area contributed by atoms with E-state index in [1.807, 2.05) is 34.6 Å². The molecule has 9 nitrogen and oxygen atoms in total. The van der Waals surface area contributed by atoms with Crippen molar-refractivity contribution >= 4 is 23.1 Å². The Morgan fingerprint density at radius 1 is 1.15 bits per heavy atom. The summed E-state index contributed by atoms with van der Waals surface area (Å²) in [5.74, 6) is 0.401. The summed E-state index contributed by atoms with van der Waals surface area (Å²) in [6.07, 6.45) is 1.00. The van der Waals surface area contributed by atoms with Gasteiger partial charge in [0.25, 0.3) is 0 Å². The molecule has 0 bridgehead atoms. The number of aliphatic hydroxyl groups excluding tert-OH is 1. The molecule has 2 aromatic heterocycles. The van der Waals surface area contributed by atoms with Crippen molar-refractivity contribution in [1.82, 2.24) is 15.0 Å². The van der Waals surface area contributed by atoms with E-state index in [2.05, 4.69) is 17.6 Å². The van der Waals surface area contributed by atoms with Gasteiger partial charge in [0.05, 0.1) is 29.7 Å². The summed E-state index contributed by atoms with van der Waals surface area (Å²) in [6, 6.07) is 0. The minimum Gasteiger partial charge on any atom is -0.389 e. The highest BCUT2D eigenvalue weighted by atomic mass is 32.1. The standard InChI is InChI=1S/C23H33N5O4S/c1-7-30-11-10-24-20-26-13(3)16(19-25-12(2)14(4)33-19)18(27-20)28-22-9-8-15-17(29)23(15,22)32-21(5,6)31-22/h15,17,29H,7-11H2,1-6H3,(H2,24,26,27,28). The Morgan fingerprint density at radius 2 is 1.94 bits per heavy atom. The molecule has 2 aromatic rings. The van der Waals surface area contributed by atoms with Gasteiger partial charge in [0.15, 0.2) is 17.1 Å². The minimum absolute atomic E-state index is 0.0614. The van der Waals surface area contributed by atoms with Crippen LogP contribution in [0.25, 0.3) is 10.6 Å². The number of nitrogens with zero attached hydrogens (tertiary/aromatic N) is 3. The molecule has 3 fully saturated rings. The van der Waals surface area contributed by atoms with E-state index in [1.54, 1.807) is 11.3 Å². The van der Waals surface area contributed by atoms with Gasteiger partial charge in [-0.2, -0.15) is 4.98 Å². The lowest BCUT2D eigenvalue weighted by Gasteiger charge is -2.33. The molecule has 0 radical (unpaired) electrons. The van der Waals surface area contributed by atoms with E-state index in [9.17, 15) is 5.11 Å². The maximum Gasteiger partial charge on any atom is 0.224 e. The van der Waals surface area contributed by atoms with E-state index in [1.165, 1.54) is 0 Å². The summed E-state index contributed by atoms with van der Waals surface area (Å²) in [4.78, 5) is 15.5. The van der Waals surface area contributed by atoms with Gasteiger partial charge < -0.3 is 30.0 Å². The van der Waals surface area contributed by atoms with E-state index in [4.69, 9.17) is 29.2 Å². The van der Waals surface area contributed by atoms with Crippen molar-refractivity contribution in [2.45, 2.75) is 77.6 Å². The number of aliphatic hydroxyl groups is 1. The van der Waals surface area contributed by atoms with Gasteiger partial charge in [-0.25, -0.2) is 9.97 Å². The molecule has 0 aromatic carbocycles. The maximum atomic E-state index is 10.8. The zero-order valence-corrected chi connectivity index (χ0v) is 20.9. The highest BCUT2D eigenvalue weighted by Gasteiger charge is 2.85. The molecule has 2 aliphatic carbocycles. The number of anilines is 2. The average molecular weight is 476 g/mol. The van der Waals surface area contributed by atoms with Crippen LogP contribution in [0.5, 0.6) is 0 Å². The van der Waals surface area contributed by atoms with E-state index in [0.29, 0.717) is 31.5 Å². The fraction of sp³-hybridized carbons (Fsp3) is 0.696. The Kier molecular flexibility index (Phi) is 5.45. The van der Waals surface area contributed by atoms with Crippen molar-refractivity contribution in [2.24, 2.45) is 5.92 Å². The van der Waals surface area contributed by atoms with Crippen molar-refractivity contribution in [3.05, 3.63) is 16.3 Å². The highest BCUT2D eigenvalue weighted by molar-refractivity contribution is 7.15. The van der Waals surface area contributed by atoms with Gasteiger partial charge >= 0.3 is 0 Å². The number of hydrogen-bond donors (Lipinski definition) is 3. The Bertz CT molecular complexity index is 1060. The quantitative estimate of drug-likeness (QED) is 0.495. The van der Waals surface area contributed by atoms with Gasteiger partial charge in [0.1, 0.15) is 10.8 Å². The molecule has 4 atom stereocenters. The summed E-state index contributed by atoms with van der Waals surface area (Å²) in [5.41, 5.74) is 1.04. The largest absolute Gasteiger partial charge is 0.389 e. The molecule has 3 N–H and O–H groups in total. The zero-order valence-electron chi connectivity index (χ0n) is 20.1. The lowest BCUT2D eigenvalue weighted by atomic mass is 10.0. The van der Waals surface area contributed by atoms with Crippen LogP contribution in [0.15, 0.2) is 0 Å².